The number of carbonyl (C=O) groups excluding carboxylic acids is 1. The first-order valence-corrected chi connectivity index (χ1v) is 6.84. The van der Waals surface area contributed by atoms with Crippen LogP contribution in [0, 0.1) is 0 Å². The van der Waals surface area contributed by atoms with Crippen molar-refractivity contribution in [2.24, 2.45) is 5.73 Å². The van der Waals surface area contributed by atoms with Crippen molar-refractivity contribution in [1.29, 1.82) is 0 Å². The number of amides is 1. The van der Waals surface area contributed by atoms with E-state index in [0.717, 1.165) is 16.6 Å². The molecule has 0 saturated heterocycles. The van der Waals surface area contributed by atoms with Crippen LogP contribution in [-0.2, 0) is 4.79 Å². The van der Waals surface area contributed by atoms with Gasteiger partial charge in [-0.3, -0.25) is 4.79 Å². The standard InChI is InChI=1S/C13H19BrN2O2.ClH/c1-2-4-12(15)13(17)16-7-8-18-11-6-3-5-10(14)9-11;/h3,5-6,9,12H,2,4,7-8,15H2,1H3,(H,16,17);1H. The van der Waals surface area contributed by atoms with Gasteiger partial charge in [-0.05, 0) is 24.6 Å². The number of nitrogens with one attached hydrogen (secondary N) is 1. The van der Waals surface area contributed by atoms with Gasteiger partial charge in [0.15, 0.2) is 0 Å². The third-order valence-corrected chi connectivity index (χ3v) is 2.90. The van der Waals surface area contributed by atoms with Crippen LogP contribution in [0.15, 0.2) is 28.7 Å². The molecule has 19 heavy (non-hydrogen) atoms. The minimum absolute atomic E-state index is 0. The van der Waals surface area contributed by atoms with Crippen molar-refractivity contribution in [3.8, 4) is 5.75 Å². The molecular formula is C13H20BrClN2O2. The van der Waals surface area contributed by atoms with E-state index in [2.05, 4.69) is 21.2 Å². The molecule has 0 fully saturated rings. The molecule has 1 aromatic carbocycles. The first kappa shape index (κ1) is 18.2. The second kappa shape index (κ2) is 10.1. The SMILES string of the molecule is CCCC(N)C(=O)NCCOc1cccc(Br)c1.Cl. The van der Waals surface area contributed by atoms with Crippen molar-refractivity contribution < 1.29 is 9.53 Å². The molecule has 0 radical (unpaired) electrons. The van der Waals surface area contributed by atoms with Gasteiger partial charge in [0.25, 0.3) is 0 Å². The maximum atomic E-state index is 11.5. The van der Waals surface area contributed by atoms with Crippen LogP contribution < -0.4 is 15.8 Å². The molecule has 1 unspecified atom stereocenters. The zero-order chi connectivity index (χ0) is 13.4. The number of nitrogens with two attached hydrogens (primary N) is 1. The Labute approximate surface area is 128 Å². The summed E-state index contributed by atoms with van der Waals surface area (Å²) in [4.78, 5) is 11.5. The minimum Gasteiger partial charge on any atom is -0.492 e. The van der Waals surface area contributed by atoms with Crippen molar-refractivity contribution in [3.05, 3.63) is 28.7 Å². The predicted octanol–water partition coefficient (Wildman–Crippen LogP) is 2.49. The Hall–Kier alpha value is -0.780. The maximum Gasteiger partial charge on any atom is 0.237 e. The fourth-order valence-corrected chi connectivity index (χ4v) is 1.85. The molecule has 1 atom stereocenters. The van der Waals surface area contributed by atoms with Crippen LogP contribution >= 0.6 is 28.3 Å². The van der Waals surface area contributed by atoms with Gasteiger partial charge in [-0.25, -0.2) is 0 Å². The highest BCUT2D eigenvalue weighted by Crippen LogP contribution is 2.17. The molecule has 0 aliphatic carbocycles. The maximum absolute atomic E-state index is 11.5. The molecule has 0 heterocycles. The zero-order valence-corrected chi connectivity index (χ0v) is 13.3. The average molecular weight is 352 g/mol. The van der Waals surface area contributed by atoms with Crippen LogP contribution in [0.25, 0.3) is 0 Å². The summed E-state index contributed by atoms with van der Waals surface area (Å²) in [6, 6.07) is 7.16. The van der Waals surface area contributed by atoms with E-state index in [9.17, 15) is 4.79 Å². The van der Waals surface area contributed by atoms with Gasteiger partial charge in [-0.15, -0.1) is 12.4 Å². The predicted molar refractivity (Wildman–Crippen MR) is 82.8 cm³/mol. The van der Waals surface area contributed by atoms with Crippen LogP contribution in [-0.4, -0.2) is 25.1 Å². The average Bonchev–Trinajstić information content (AvgIpc) is 2.35. The van der Waals surface area contributed by atoms with E-state index in [-0.39, 0.29) is 18.3 Å². The number of ether oxygens (including phenoxy) is 1. The second-order valence-electron chi connectivity index (χ2n) is 3.99. The fraction of sp³-hybridized carbons (Fsp3) is 0.462. The summed E-state index contributed by atoms with van der Waals surface area (Å²) < 4.78 is 6.46. The third kappa shape index (κ3) is 7.40. The number of rotatable bonds is 7. The molecule has 1 amide bonds. The quantitative estimate of drug-likeness (QED) is 0.742. The molecule has 4 nitrogen and oxygen atoms in total. The van der Waals surface area contributed by atoms with E-state index >= 15 is 0 Å². The Morgan fingerprint density at radius 1 is 1.53 bits per heavy atom. The summed E-state index contributed by atoms with van der Waals surface area (Å²) in [5.41, 5.74) is 5.68. The number of halogens is 2. The van der Waals surface area contributed by atoms with Crippen LogP contribution in [0.2, 0.25) is 0 Å². The molecule has 0 saturated carbocycles. The summed E-state index contributed by atoms with van der Waals surface area (Å²) in [6.07, 6.45) is 1.61. The van der Waals surface area contributed by atoms with Crippen LogP contribution in [0.4, 0.5) is 0 Å². The Kier molecular flexibility index (Phi) is 9.65. The van der Waals surface area contributed by atoms with E-state index in [1.807, 2.05) is 31.2 Å². The lowest BCUT2D eigenvalue weighted by Crippen LogP contribution is -2.41. The molecule has 3 N–H and O–H groups in total. The Morgan fingerprint density at radius 2 is 2.26 bits per heavy atom. The number of carbonyl (C=O) groups is 1. The van der Waals surface area contributed by atoms with Gasteiger partial charge in [0.05, 0.1) is 12.6 Å². The topological polar surface area (TPSA) is 64.4 Å². The van der Waals surface area contributed by atoms with Crippen LogP contribution in [0.5, 0.6) is 5.75 Å². The zero-order valence-electron chi connectivity index (χ0n) is 10.9. The lowest BCUT2D eigenvalue weighted by Gasteiger charge is -2.11. The Balaban J connectivity index is 0.00000324. The normalized spacial score (nSPS) is 11.3. The molecule has 0 bridgehead atoms. The Morgan fingerprint density at radius 3 is 2.89 bits per heavy atom. The summed E-state index contributed by atoms with van der Waals surface area (Å²) in [5.74, 6) is 0.658. The minimum atomic E-state index is -0.416. The van der Waals surface area contributed by atoms with Crippen molar-refractivity contribution >= 4 is 34.2 Å². The molecule has 108 valence electrons. The van der Waals surface area contributed by atoms with Crippen LogP contribution in [0.1, 0.15) is 19.8 Å². The molecule has 1 rings (SSSR count). The van der Waals surface area contributed by atoms with Crippen molar-refractivity contribution in [2.45, 2.75) is 25.8 Å². The van der Waals surface area contributed by atoms with Crippen molar-refractivity contribution in [3.63, 3.8) is 0 Å². The largest absolute Gasteiger partial charge is 0.492 e. The van der Waals surface area contributed by atoms with Gasteiger partial charge >= 0.3 is 0 Å². The van der Waals surface area contributed by atoms with Gasteiger partial charge in [0.2, 0.25) is 5.91 Å². The van der Waals surface area contributed by atoms with Gasteiger partial charge < -0.3 is 15.8 Å². The monoisotopic (exact) mass is 350 g/mol. The van der Waals surface area contributed by atoms with E-state index in [4.69, 9.17) is 10.5 Å². The highest BCUT2D eigenvalue weighted by atomic mass is 79.9. The smallest absolute Gasteiger partial charge is 0.237 e. The summed E-state index contributed by atoms with van der Waals surface area (Å²) in [5, 5.41) is 2.75. The first-order chi connectivity index (χ1) is 8.63. The van der Waals surface area contributed by atoms with E-state index in [0.29, 0.717) is 19.6 Å². The number of hydrogen-bond donors (Lipinski definition) is 2. The van der Waals surface area contributed by atoms with E-state index < -0.39 is 6.04 Å². The molecule has 0 aromatic heterocycles. The third-order valence-electron chi connectivity index (χ3n) is 2.40. The molecule has 0 aliphatic heterocycles. The highest BCUT2D eigenvalue weighted by Gasteiger charge is 2.10. The summed E-state index contributed by atoms with van der Waals surface area (Å²) in [6.45, 7) is 2.90. The summed E-state index contributed by atoms with van der Waals surface area (Å²) in [7, 11) is 0. The molecule has 1 aromatic rings. The van der Waals surface area contributed by atoms with Crippen molar-refractivity contribution in [1.82, 2.24) is 5.32 Å². The second-order valence-corrected chi connectivity index (χ2v) is 4.91. The lowest BCUT2D eigenvalue weighted by molar-refractivity contribution is -0.122. The van der Waals surface area contributed by atoms with E-state index in [1.54, 1.807) is 0 Å². The molecule has 0 spiro atoms. The first-order valence-electron chi connectivity index (χ1n) is 6.05. The van der Waals surface area contributed by atoms with Gasteiger partial charge in [-0.1, -0.05) is 35.3 Å². The molecule has 0 aliphatic rings. The fourth-order valence-electron chi connectivity index (χ4n) is 1.47. The molecule has 6 heteroatoms. The number of benzene rings is 1. The van der Waals surface area contributed by atoms with Crippen molar-refractivity contribution in [2.75, 3.05) is 13.2 Å². The highest BCUT2D eigenvalue weighted by molar-refractivity contribution is 9.10. The van der Waals surface area contributed by atoms with Gasteiger partial charge in [0, 0.05) is 4.47 Å². The summed E-state index contributed by atoms with van der Waals surface area (Å²) >= 11 is 3.36. The van der Waals surface area contributed by atoms with Crippen LogP contribution in [0.3, 0.4) is 0 Å². The Bertz CT molecular complexity index is 391. The number of hydrogen-bond acceptors (Lipinski definition) is 3. The van der Waals surface area contributed by atoms with Gasteiger partial charge in [0.1, 0.15) is 12.4 Å². The lowest BCUT2D eigenvalue weighted by atomic mass is 10.2. The van der Waals surface area contributed by atoms with Gasteiger partial charge in [-0.2, -0.15) is 0 Å². The van der Waals surface area contributed by atoms with E-state index in [1.165, 1.54) is 0 Å². The molecular weight excluding hydrogens is 332 g/mol.